The molecular formula is C20H19NO4S2. The van der Waals surface area contributed by atoms with Crippen molar-refractivity contribution in [3.63, 3.8) is 0 Å². The minimum Gasteiger partial charge on any atom is -0.465 e. The van der Waals surface area contributed by atoms with Crippen LogP contribution in [0, 0.1) is 23.7 Å². The summed E-state index contributed by atoms with van der Waals surface area (Å²) in [6.07, 6.45) is 3.21. The van der Waals surface area contributed by atoms with Gasteiger partial charge in [-0.25, -0.2) is 4.79 Å². The van der Waals surface area contributed by atoms with Gasteiger partial charge in [0.25, 0.3) is 0 Å². The molecule has 7 heteroatoms. The van der Waals surface area contributed by atoms with Crippen molar-refractivity contribution < 1.29 is 14.3 Å². The number of benzene rings is 1. The van der Waals surface area contributed by atoms with E-state index >= 15 is 0 Å². The predicted molar refractivity (Wildman–Crippen MR) is 103 cm³/mol. The third-order valence-electron chi connectivity index (χ3n) is 6.47. The number of rotatable bonds is 3. The molecule has 0 amide bonds. The molecule has 0 unspecified atom stereocenters. The topological polar surface area (TPSA) is 76.2 Å². The average molecular weight is 402 g/mol. The molecule has 3 aliphatic rings. The standard InChI is InChI=1S/C20H19NO4S2/c1-25-19(23)10-4-2-9(3-5-10)14-15-13-7-11(6-12(13)8-22)16(15)26-18-17(14)27-20(24)21-18/h2-5,8,11-16H,6-7H2,1H3,(H,21,24)/t11-,12-,13+,14+,15-,16-/m0/s1. The van der Waals surface area contributed by atoms with Crippen LogP contribution >= 0.6 is 23.1 Å². The summed E-state index contributed by atoms with van der Waals surface area (Å²) in [6.45, 7) is 0. The lowest BCUT2D eigenvalue weighted by Crippen LogP contribution is -2.37. The summed E-state index contributed by atoms with van der Waals surface area (Å²) in [4.78, 5) is 39.5. The third-order valence-corrected chi connectivity index (χ3v) is 9.09. The van der Waals surface area contributed by atoms with E-state index in [1.165, 1.54) is 18.4 Å². The van der Waals surface area contributed by atoms with Gasteiger partial charge in [0.05, 0.1) is 17.7 Å². The molecule has 2 aromatic rings. The first-order chi connectivity index (χ1) is 13.1. The lowest BCUT2D eigenvalue weighted by Gasteiger charge is -2.41. The Bertz CT molecular complexity index is 963. The Labute approximate surface area is 164 Å². The van der Waals surface area contributed by atoms with Gasteiger partial charge in [0, 0.05) is 22.0 Å². The number of nitrogens with one attached hydrogen (secondary N) is 1. The number of methoxy groups -OCH3 is 1. The van der Waals surface area contributed by atoms with Crippen LogP contribution in [0.2, 0.25) is 0 Å². The van der Waals surface area contributed by atoms with Crippen molar-refractivity contribution in [3.8, 4) is 0 Å². The monoisotopic (exact) mass is 401 g/mol. The summed E-state index contributed by atoms with van der Waals surface area (Å²) in [7, 11) is 1.37. The summed E-state index contributed by atoms with van der Waals surface area (Å²) in [5, 5.41) is 1.43. The first kappa shape index (κ1) is 17.3. The van der Waals surface area contributed by atoms with Crippen molar-refractivity contribution in [1.29, 1.82) is 0 Å². The van der Waals surface area contributed by atoms with Crippen LogP contribution in [-0.2, 0) is 9.53 Å². The molecule has 2 heterocycles. The Kier molecular flexibility index (Phi) is 4.05. The molecule has 0 saturated heterocycles. The maximum atomic E-state index is 12.1. The quantitative estimate of drug-likeness (QED) is 0.631. The van der Waals surface area contributed by atoms with Gasteiger partial charge in [-0.15, -0.1) is 11.8 Å². The van der Waals surface area contributed by atoms with Crippen LogP contribution in [-0.4, -0.2) is 29.6 Å². The molecule has 5 rings (SSSR count). The van der Waals surface area contributed by atoms with Gasteiger partial charge < -0.3 is 14.5 Å². The smallest absolute Gasteiger partial charge is 0.337 e. The first-order valence-corrected chi connectivity index (χ1v) is 10.8. The number of aromatic nitrogens is 1. The maximum Gasteiger partial charge on any atom is 0.337 e. The number of hydrogen-bond donors (Lipinski definition) is 1. The van der Waals surface area contributed by atoms with Gasteiger partial charge >= 0.3 is 10.8 Å². The van der Waals surface area contributed by atoms with Crippen LogP contribution in [0.5, 0.6) is 0 Å². The van der Waals surface area contributed by atoms with Gasteiger partial charge in [-0.05, 0) is 48.3 Å². The van der Waals surface area contributed by atoms with Gasteiger partial charge in [-0.3, -0.25) is 4.79 Å². The van der Waals surface area contributed by atoms with E-state index in [1.54, 1.807) is 23.9 Å². The molecule has 1 aliphatic heterocycles. The predicted octanol–water partition coefficient (Wildman–Crippen LogP) is 3.30. The van der Waals surface area contributed by atoms with Gasteiger partial charge in [-0.2, -0.15) is 0 Å². The van der Waals surface area contributed by atoms with Crippen molar-refractivity contribution >= 4 is 35.4 Å². The van der Waals surface area contributed by atoms with Crippen molar-refractivity contribution in [2.75, 3.05) is 7.11 Å². The Hall–Kier alpha value is -1.86. The first-order valence-electron chi connectivity index (χ1n) is 9.14. The van der Waals surface area contributed by atoms with E-state index in [4.69, 9.17) is 4.74 Å². The fourth-order valence-electron chi connectivity index (χ4n) is 5.43. The number of H-pyrrole nitrogens is 1. The number of ether oxygens (including phenoxy) is 1. The zero-order chi connectivity index (χ0) is 18.7. The number of thiazole rings is 1. The number of aromatic amines is 1. The number of fused-ring (bicyclic) bond motifs is 6. The van der Waals surface area contributed by atoms with Gasteiger partial charge in [0.2, 0.25) is 0 Å². The molecule has 1 aromatic carbocycles. The summed E-state index contributed by atoms with van der Waals surface area (Å²) in [5.41, 5.74) is 1.62. The molecular weight excluding hydrogens is 382 g/mol. The number of carbonyl (C=O) groups excluding carboxylic acids is 2. The SMILES string of the molecule is COC(=O)c1ccc([C@H]2c3sc(=O)[nH]c3S[C@H]3[C@@H]4C[C@@H]([C@@H]23)[C@H](C=O)C4)cc1. The lowest BCUT2D eigenvalue weighted by molar-refractivity contribution is -0.113. The average Bonchev–Trinajstić information content (AvgIpc) is 3.37. The summed E-state index contributed by atoms with van der Waals surface area (Å²) < 4.78 is 4.79. The molecule has 2 bridgehead atoms. The van der Waals surface area contributed by atoms with Gasteiger partial charge in [-0.1, -0.05) is 23.5 Å². The van der Waals surface area contributed by atoms with Gasteiger partial charge in [0.15, 0.2) is 0 Å². The third kappa shape index (κ3) is 2.55. The van der Waals surface area contributed by atoms with Crippen LogP contribution in [0.4, 0.5) is 0 Å². The molecule has 27 heavy (non-hydrogen) atoms. The minimum atomic E-state index is -0.355. The second-order valence-electron chi connectivity index (χ2n) is 7.65. The molecule has 6 atom stereocenters. The van der Waals surface area contributed by atoms with Crippen LogP contribution in [0.3, 0.4) is 0 Å². The highest BCUT2D eigenvalue weighted by Crippen LogP contribution is 2.64. The maximum absolute atomic E-state index is 12.1. The highest BCUT2D eigenvalue weighted by Gasteiger charge is 2.58. The second-order valence-corrected chi connectivity index (χ2v) is 9.86. The summed E-state index contributed by atoms with van der Waals surface area (Å²) >= 11 is 3.08. The Morgan fingerprint density at radius 2 is 2.04 bits per heavy atom. The van der Waals surface area contributed by atoms with Crippen LogP contribution in [0.15, 0.2) is 34.1 Å². The van der Waals surface area contributed by atoms with Gasteiger partial charge in [0.1, 0.15) is 6.29 Å². The van der Waals surface area contributed by atoms with E-state index in [1.807, 2.05) is 12.1 Å². The van der Waals surface area contributed by atoms with E-state index < -0.39 is 0 Å². The molecule has 0 radical (unpaired) electrons. The zero-order valence-corrected chi connectivity index (χ0v) is 16.3. The largest absolute Gasteiger partial charge is 0.465 e. The highest BCUT2D eigenvalue weighted by molar-refractivity contribution is 8.00. The molecule has 5 nitrogen and oxygen atoms in total. The second kappa shape index (κ2) is 6.34. The normalized spacial score (nSPS) is 33.4. The Morgan fingerprint density at radius 1 is 1.26 bits per heavy atom. The van der Waals surface area contributed by atoms with Crippen molar-refractivity contribution in [2.45, 2.75) is 29.0 Å². The Balaban J connectivity index is 1.60. The van der Waals surface area contributed by atoms with E-state index in [-0.39, 0.29) is 22.7 Å². The van der Waals surface area contributed by atoms with Crippen molar-refractivity contribution in [1.82, 2.24) is 4.98 Å². The van der Waals surface area contributed by atoms with Crippen molar-refractivity contribution in [3.05, 3.63) is 49.9 Å². The number of thioether (sulfide) groups is 1. The van der Waals surface area contributed by atoms with E-state index in [2.05, 4.69) is 4.98 Å². The molecule has 2 fully saturated rings. The van der Waals surface area contributed by atoms with E-state index in [0.717, 1.165) is 34.6 Å². The molecule has 140 valence electrons. The van der Waals surface area contributed by atoms with Crippen LogP contribution in [0.1, 0.15) is 39.6 Å². The number of hydrogen-bond acceptors (Lipinski definition) is 6. The molecule has 2 saturated carbocycles. The molecule has 0 spiro atoms. The van der Waals surface area contributed by atoms with Crippen molar-refractivity contribution in [2.24, 2.45) is 23.7 Å². The molecule has 2 aliphatic carbocycles. The molecule has 1 aromatic heterocycles. The minimum absolute atomic E-state index is 0.0251. The zero-order valence-electron chi connectivity index (χ0n) is 14.7. The number of carbonyl (C=O) groups is 2. The summed E-state index contributed by atoms with van der Waals surface area (Å²) in [5.74, 6) is 1.14. The number of aldehydes is 1. The number of esters is 1. The Morgan fingerprint density at radius 3 is 2.74 bits per heavy atom. The van der Waals surface area contributed by atoms with E-state index in [9.17, 15) is 14.4 Å². The van der Waals surface area contributed by atoms with Crippen LogP contribution < -0.4 is 4.87 Å². The fourth-order valence-corrected chi connectivity index (χ4v) is 8.28. The summed E-state index contributed by atoms with van der Waals surface area (Å²) in [6, 6.07) is 7.52. The highest BCUT2D eigenvalue weighted by atomic mass is 32.2. The van der Waals surface area contributed by atoms with Crippen LogP contribution in [0.25, 0.3) is 0 Å². The fraction of sp³-hybridized carbons (Fsp3) is 0.450. The lowest BCUT2D eigenvalue weighted by atomic mass is 9.71. The van der Waals surface area contributed by atoms with E-state index in [0.29, 0.717) is 28.6 Å². The molecule has 1 N–H and O–H groups in total.